The van der Waals surface area contributed by atoms with Crippen LogP contribution in [0.3, 0.4) is 0 Å². The Labute approximate surface area is 120 Å². The minimum absolute atomic E-state index is 0.176. The monoisotopic (exact) mass is 271 g/mol. The second kappa shape index (κ2) is 5.70. The van der Waals surface area contributed by atoms with Crippen molar-refractivity contribution in [3.05, 3.63) is 36.4 Å². The smallest absolute Gasteiger partial charge is 0.228 e. The van der Waals surface area contributed by atoms with E-state index in [-0.39, 0.29) is 11.8 Å². The Hall–Kier alpha value is -1.77. The third-order valence-corrected chi connectivity index (χ3v) is 4.47. The predicted octanol–water partition coefficient (Wildman–Crippen LogP) is 3.63. The van der Waals surface area contributed by atoms with Crippen molar-refractivity contribution in [3.8, 4) is 5.75 Å². The van der Waals surface area contributed by atoms with Crippen LogP contribution in [0, 0.1) is 17.8 Å². The highest BCUT2D eigenvalue weighted by atomic mass is 16.5. The topological polar surface area (TPSA) is 38.3 Å². The van der Waals surface area contributed by atoms with Gasteiger partial charge in [-0.05, 0) is 49.7 Å². The van der Waals surface area contributed by atoms with Gasteiger partial charge >= 0.3 is 0 Å². The molecule has 0 aromatic heterocycles. The maximum Gasteiger partial charge on any atom is 0.228 e. The Balaban J connectivity index is 1.62. The molecule has 0 radical (unpaired) electrons. The molecule has 0 heterocycles. The molecular weight excluding hydrogens is 250 g/mol. The molecule has 2 aliphatic carbocycles. The van der Waals surface area contributed by atoms with Gasteiger partial charge in [0.2, 0.25) is 5.91 Å². The molecule has 2 atom stereocenters. The number of anilines is 1. The maximum atomic E-state index is 12.4. The van der Waals surface area contributed by atoms with Crippen LogP contribution in [0.15, 0.2) is 36.4 Å². The minimum atomic E-state index is 0.176. The maximum absolute atomic E-state index is 12.4. The number of ether oxygens (including phenoxy) is 1. The number of benzene rings is 1. The van der Waals surface area contributed by atoms with Gasteiger partial charge in [0.15, 0.2) is 0 Å². The van der Waals surface area contributed by atoms with E-state index in [1.165, 1.54) is 0 Å². The molecule has 20 heavy (non-hydrogen) atoms. The van der Waals surface area contributed by atoms with Gasteiger partial charge in [-0.2, -0.15) is 0 Å². The van der Waals surface area contributed by atoms with E-state index in [1.54, 1.807) is 7.11 Å². The molecule has 0 spiro atoms. The Bertz CT molecular complexity index is 507. The van der Waals surface area contributed by atoms with Crippen molar-refractivity contribution in [2.75, 3.05) is 12.4 Å². The number of nitrogens with one attached hydrogen (secondary N) is 1. The first-order valence-electron chi connectivity index (χ1n) is 7.39. The van der Waals surface area contributed by atoms with Crippen molar-refractivity contribution in [1.29, 1.82) is 0 Å². The Morgan fingerprint density at radius 2 is 1.90 bits per heavy atom. The molecule has 0 bridgehead atoms. The molecule has 0 saturated heterocycles. The predicted molar refractivity (Wildman–Crippen MR) is 79.7 cm³/mol. The zero-order valence-electron chi connectivity index (χ0n) is 11.8. The first kappa shape index (κ1) is 13.2. The quantitative estimate of drug-likeness (QED) is 0.853. The fraction of sp³-hybridized carbons (Fsp3) is 0.471. The zero-order chi connectivity index (χ0) is 13.9. The fourth-order valence-corrected chi connectivity index (χ4v) is 3.36. The summed E-state index contributed by atoms with van der Waals surface area (Å²) in [6.07, 6.45) is 9.04. The number of rotatable bonds is 3. The lowest BCUT2D eigenvalue weighted by atomic mass is 10.1. The van der Waals surface area contributed by atoms with Crippen LogP contribution in [0.1, 0.15) is 25.7 Å². The summed E-state index contributed by atoms with van der Waals surface area (Å²) in [5.41, 5.74) is 0.826. The van der Waals surface area contributed by atoms with Crippen LogP contribution in [-0.2, 0) is 4.79 Å². The third kappa shape index (κ3) is 2.72. The summed E-state index contributed by atoms with van der Waals surface area (Å²) in [4.78, 5) is 12.4. The number of carbonyl (C=O) groups is 1. The van der Waals surface area contributed by atoms with Crippen molar-refractivity contribution in [2.45, 2.75) is 25.7 Å². The van der Waals surface area contributed by atoms with Crippen LogP contribution in [0.2, 0.25) is 0 Å². The SMILES string of the molecule is COc1cccc(NC(=O)C2[C@H]3CC/C=C\CC[C@H]23)c1. The second-order valence-corrected chi connectivity index (χ2v) is 5.70. The van der Waals surface area contributed by atoms with E-state index in [1.807, 2.05) is 24.3 Å². The van der Waals surface area contributed by atoms with Crippen molar-refractivity contribution < 1.29 is 9.53 Å². The average Bonchev–Trinajstić information content (AvgIpc) is 3.10. The lowest BCUT2D eigenvalue weighted by molar-refractivity contribution is -0.117. The molecule has 2 aliphatic rings. The van der Waals surface area contributed by atoms with E-state index >= 15 is 0 Å². The van der Waals surface area contributed by atoms with Crippen molar-refractivity contribution in [3.63, 3.8) is 0 Å². The van der Waals surface area contributed by atoms with Crippen molar-refractivity contribution >= 4 is 11.6 Å². The number of carbonyl (C=O) groups excluding carboxylic acids is 1. The molecule has 106 valence electrons. The van der Waals surface area contributed by atoms with E-state index in [2.05, 4.69) is 17.5 Å². The molecule has 0 aliphatic heterocycles. The van der Waals surface area contributed by atoms with E-state index in [0.29, 0.717) is 11.8 Å². The molecule has 1 aromatic rings. The summed E-state index contributed by atoms with van der Waals surface area (Å²) in [6.45, 7) is 0. The first-order valence-corrected chi connectivity index (χ1v) is 7.39. The molecule has 1 aromatic carbocycles. The first-order chi connectivity index (χ1) is 9.79. The minimum Gasteiger partial charge on any atom is -0.497 e. The normalized spacial score (nSPS) is 29.6. The van der Waals surface area contributed by atoms with Gasteiger partial charge < -0.3 is 10.1 Å². The van der Waals surface area contributed by atoms with Crippen molar-refractivity contribution in [2.24, 2.45) is 17.8 Å². The number of methoxy groups -OCH3 is 1. The zero-order valence-corrected chi connectivity index (χ0v) is 11.8. The summed E-state index contributed by atoms with van der Waals surface area (Å²) in [6, 6.07) is 7.55. The van der Waals surface area contributed by atoms with E-state index in [9.17, 15) is 4.79 Å². The second-order valence-electron chi connectivity index (χ2n) is 5.70. The van der Waals surface area contributed by atoms with E-state index < -0.39 is 0 Å². The summed E-state index contributed by atoms with van der Waals surface area (Å²) in [5.74, 6) is 2.33. The number of amides is 1. The summed E-state index contributed by atoms with van der Waals surface area (Å²) in [5, 5.41) is 3.04. The largest absolute Gasteiger partial charge is 0.497 e. The fourth-order valence-electron chi connectivity index (χ4n) is 3.36. The molecule has 1 N–H and O–H groups in total. The van der Waals surface area contributed by atoms with E-state index in [4.69, 9.17) is 4.74 Å². The van der Waals surface area contributed by atoms with Gasteiger partial charge in [-0.15, -0.1) is 0 Å². The number of allylic oxidation sites excluding steroid dienone is 2. The molecule has 3 rings (SSSR count). The van der Waals surface area contributed by atoms with Gasteiger partial charge in [-0.1, -0.05) is 18.2 Å². The molecule has 1 fully saturated rings. The van der Waals surface area contributed by atoms with Gasteiger partial charge in [0.05, 0.1) is 7.11 Å². The van der Waals surface area contributed by atoms with Crippen LogP contribution < -0.4 is 10.1 Å². The highest BCUT2D eigenvalue weighted by molar-refractivity contribution is 5.95. The number of fused-ring (bicyclic) bond motifs is 1. The molecular formula is C17H21NO2. The highest BCUT2D eigenvalue weighted by Crippen LogP contribution is 2.53. The van der Waals surface area contributed by atoms with Crippen LogP contribution in [0.25, 0.3) is 0 Å². The lowest BCUT2D eigenvalue weighted by Gasteiger charge is -2.06. The standard InChI is InChI=1S/C17H21NO2/c1-20-13-8-6-7-12(11-13)18-17(19)16-14-9-4-2-3-5-10-15(14)16/h2-3,6-8,11,14-16H,4-5,9-10H2,1H3,(H,18,19)/b3-2-/t14-,15-/m0/s1. The van der Waals surface area contributed by atoms with Gasteiger partial charge in [0.25, 0.3) is 0 Å². The summed E-state index contributed by atoms with van der Waals surface area (Å²) >= 11 is 0. The van der Waals surface area contributed by atoms with Gasteiger partial charge in [0.1, 0.15) is 5.75 Å². The summed E-state index contributed by atoms with van der Waals surface area (Å²) in [7, 11) is 1.64. The van der Waals surface area contributed by atoms with Crippen molar-refractivity contribution in [1.82, 2.24) is 0 Å². The van der Waals surface area contributed by atoms with Crippen LogP contribution in [0.5, 0.6) is 5.75 Å². The van der Waals surface area contributed by atoms with Crippen LogP contribution in [0.4, 0.5) is 5.69 Å². The Morgan fingerprint density at radius 3 is 2.55 bits per heavy atom. The van der Waals surface area contributed by atoms with Gasteiger partial charge in [-0.25, -0.2) is 0 Å². The number of hydrogen-bond donors (Lipinski definition) is 1. The van der Waals surface area contributed by atoms with E-state index in [0.717, 1.165) is 37.1 Å². The van der Waals surface area contributed by atoms with Crippen LogP contribution in [-0.4, -0.2) is 13.0 Å². The lowest BCUT2D eigenvalue weighted by Crippen LogP contribution is -2.15. The summed E-state index contributed by atoms with van der Waals surface area (Å²) < 4.78 is 5.18. The molecule has 3 nitrogen and oxygen atoms in total. The third-order valence-electron chi connectivity index (χ3n) is 4.47. The van der Waals surface area contributed by atoms with Crippen LogP contribution >= 0.6 is 0 Å². The number of hydrogen-bond acceptors (Lipinski definition) is 2. The van der Waals surface area contributed by atoms with Gasteiger partial charge in [-0.3, -0.25) is 4.79 Å². The van der Waals surface area contributed by atoms with Gasteiger partial charge in [0, 0.05) is 17.7 Å². The molecule has 1 amide bonds. The Kier molecular flexibility index (Phi) is 3.77. The Morgan fingerprint density at radius 1 is 1.20 bits per heavy atom. The molecule has 1 saturated carbocycles. The molecule has 0 unspecified atom stereocenters. The highest BCUT2D eigenvalue weighted by Gasteiger charge is 2.53. The average molecular weight is 271 g/mol. The molecule has 3 heteroatoms.